The van der Waals surface area contributed by atoms with Gasteiger partial charge in [0.15, 0.2) is 6.61 Å². The first-order valence-electron chi connectivity index (χ1n) is 8.76. The van der Waals surface area contributed by atoms with Gasteiger partial charge < -0.3 is 25.4 Å². The van der Waals surface area contributed by atoms with Gasteiger partial charge in [-0.15, -0.1) is 23.7 Å². The van der Waals surface area contributed by atoms with E-state index in [1.165, 1.54) is 11.3 Å². The Labute approximate surface area is 174 Å². The van der Waals surface area contributed by atoms with Gasteiger partial charge in [-0.3, -0.25) is 9.59 Å². The zero-order chi connectivity index (χ0) is 19.4. The molecule has 0 saturated carbocycles. The highest BCUT2D eigenvalue weighted by molar-refractivity contribution is 7.17. The average Bonchev–Trinajstić information content (AvgIpc) is 2.98. The largest absolute Gasteiger partial charge is 0.494 e. The van der Waals surface area contributed by atoms with E-state index in [4.69, 9.17) is 15.2 Å². The van der Waals surface area contributed by atoms with Crippen molar-refractivity contribution in [3.63, 3.8) is 0 Å². The molecule has 7 nitrogen and oxygen atoms in total. The molecule has 0 spiro atoms. The van der Waals surface area contributed by atoms with Gasteiger partial charge >= 0.3 is 0 Å². The average molecular weight is 426 g/mol. The zero-order valence-electron chi connectivity index (χ0n) is 15.8. The number of rotatable bonds is 7. The quantitative estimate of drug-likeness (QED) is 0.711. The van der Waals surface area contributed by atoms with E-state index in [2.05, 4.69) is 10.2 Å². The Balaban J connectivity index is 0.00000280. The molecular weight excluding hydrogens is 402 g/mol. The number of nitrogens with one attached hydrogen (secondary N) is 1. The molecule has 0 fully saturated rings. The fourth-order valence-corrected chi connectivity index (χ4v) is 4.34. The standard InChI is InChI=1S/C19H23N3O4S.ClH/c1-3-25-12-4-6-13(7-5-12)26-11-16(23)21-19-17(18(20)24)14-8-9-22(2)10-15(14)27-19;/h4-7H,3,8-11H2,1-2H3,(H2,20,24)(H,21,23);1H. The van der Waals surface area contributed by atoms with Crippen LogP contribution in [0.15, 0.2) is 24.3 Å². The summed E-state index contributed by atoms with van der Waals surface area (Å²) in [5.41, 5.74) is 6.94. The second-order valence-corrected chi connectivity index (χ2v) is 7.41. The highest BCUT2D eigenvalue weighted by Gasteiger charge is 2.26. The first-order chi connectivity index (χ1) is 13.0. The molecule has 0 unspecified atom stereocenters. The SMILES string of the molecule is CCOc1ccc(OCC(=O)Nc2sc3c(c2C(N)=O)CCN(C)C3)cc1.Cl. The molecule has 0 atom stereocenters. The van der Waals surface area contributed by atoms with Crippen LogP contribution in [0.3, 0.4) is 0 Å². The summed E-state index contributed by atoms with van der Waals surface area (Å²) in [5.74, 6) is 0.462. The molecule has 2 aromatic rings. The molecule has 1 aliphatic rings. The predicted octanol–water partition coefficient (Wildman–Crippen LogP) is 2.67. The van der Waals surface area contributed by atoms with E-state index >= 15 is 0 Å². The van der Waals surface area contributed by atoms with Crippen molar-refractivity contribution in [3.8, 4) is 11.5 Å². The molecule has 1 aliphatic heterocycles. The van der Waals surface area contributed by atoms with Crippen molar-refractivity contribution in [2.24, 2.45) is 5.73 Å². The molecule has 28 heavy (non-hydrogen) atoms. The van der Waals surface area contributed by atoms with Gasteiger partial charge in [-0.1, -0.05) is 0 Å². The van der Waals surface area contributed by atoms with Crippen LogP contribution < -0.4 is 20.5 Å². The molecular formula is C19H24ClN3O4S. The van der Waals surface area contributed by atoms with Crippen LogP contribution in [0, 0.1) is 0 Å². The van der Waals surface area contributed by atoms with Crippen LogP contribution in [-0.2, 0) is 17.8 Å². The van der Waals surface area contributed by atoms with Crippen LogP contribution in [0.1, 0.15) is 27.7 Å². The van der Waals surface area contributed by atoms with E-state index in [0.29, 0.717) is 22.9 Å². The second kappa shape index (κ2) is 9.77. The summed E-state index contributed by atoms with van der Waals surface area (Å²) in [6, 6.07) is 7.05. The third-order valence-corrected chi connectivity index (χ3v) is 5.38. The summed E-state index contributed by atoms with van der Waals surface area (Å²) in [6.45, 7) is 3.95. The number of fused-ring (bicyclic) bond motifs is 1. The van der Waals surface area contributed by atoms with Gasteiger partial charge in [0.25, 0.3) is 11.8 Å². The summed E-state index contributed by atoms with van der Waals surface area (Å²) in [7, 11) is 2.02. The number of amides is 2. The van der Waals surface area contributed by atoms with E-state index in [1.54, 1.807) is 24.3 Å². The van der Waals surface area contributed by atoms with Crippen LogP contribution in [-0.4, -0.2) is 43.5 Å². The molecule has 0 aliphatic carbocycles. The fourth-order valence-electron chi connectivity index (χ4n) is 2.99. The number of primary amides is 1. The highest BCUT2D eigenvalue weighted by Crippen LogP contribution is 2.36. The molecule has 0 saturated heterocycles. The number of anilines is 1. The van der Waals surface area contributed by atoms with Gasteiger partial charge in [0.05, 0.1) is 12.2 Å². The Morgan fingerprint density at radius 1 is 1.21 bits per heavy atom. The number of carbonyl (C=O) groups is 2. The minimum atomic E-state index is -0.514. The second-order valence-electron chi connectivity index (χ2n) is 6.30. The summed E-state index contributed by atoms with van der Waals surface area (Å²) in [5, 5.41) is 3.28. The van der Waals surface area contributed by atoms with Crippen LogP contribution in [0.4, 0.5) is 5.00 Å². The first kappa shape index (κ1) is 22.0. The molecule has 9 heteroatoms. The van der Waals surface area contributed by atoms with Crippen LogP contribution in [0.25, 0.3) is 0 Å². The van der Waals surface area contributed by atoms with E-state index < -0.39 is 5.91 Å². The summed E-state index contributed by atoms with van der Waals surface area (Å²) in [4.78, 5) is 27.4. The predicted molar refractivity (Wildman–Crippen MR) is 112 cm³/mol. The number of halogens is 1. The molecule has 1 aromatic heterocycles. The smallest absolute Gasteiger partial charge is 0.262 e. The molecule has 0 radical (unpaired) electrons. The number of nitrogens with two attached hydrogens (primary N) is 1. The molecule has 2 heterocycles. The van der Waals surface area contributed by atoms with E-state index in [9.17, 15) is 9.59 Å². The monoisotopic (exact) mass is 425 g/mol. The Bertz CT molecular complexity index is 838. The number of benzene rings is 1. The van der Waals surface area contributed by atoms with Crippen molar-refractivity contribution in [3.05, 3.63) is 40.3 Å². The van der Waals surface area contributed by atoms with Crippen molar-refractivity contribution in [2.45, 2.75) is 19.9 Å². The maximum atomic E-state index is 12.3. The van der Waals surface area contributed by atoms with Crippen LogP contribution >= 0.6 is 23.7 Å². The number of hydrogen-bond donors (Lipinski definition) is 2. The fraction of sp³-hybridized carbons (Fsp3) is 0.368. The van der Waals surface area contributed by atoms with Crippen molar-refractivity contribution in [1.82, 2.24) is 4.90 Å². The van der Waals surface area contributed by atoms with Crippen LogP contribution in [0.2, 0.25) is 0 Å². The zero-order valence-corrected chi connectivity index (χ0v) is 17.5. The third-order valence-electron chi connectivity index (χ3n) is 4.25. The van der Waals surface area contributed by atoms with Gasteiger partial charge in [-0.25, -0.2) is 0 Å². The van der Waals surface area contributed by atoms with E-state index in [0.717, 1.165) is 35.7 Å². The number of nitrogens with zero attached hydrogens (tertiary/aromatic N) is 1. The number of carbonyl (C=O) groups excluding carboxylic acids is 2. The summed E-state index contributed by atoms with van der Waals surface area (Å²) >= 11 is 1.40. The van der Waals surface area contributed by atoms with Gasteiger partial charge in [-0.05, 0) is 50.2 Å². The summed E-state index contributed by atoms with van der Waals surface area (Å²) < 4.78 is 10.9. The Kier molecular flexibility index (Phi) is 7.68. The molecule has 0 bridgehead atoms. The topological polar surface area (TPSA) is 93.9 Å². The van der Waals surface area contributed by atoms with Crippen LogP contribution in [0.5, 0.6) is 11.5 Å². The highest BCUT2D eigenvalue weighted by atomic mass is 35.5. The maximum absolute atomic E-state index is 12.3. The number of hydrogen-bond acceptors (Lipinski definition) is 6. The Morgan fingerprint density at radius 2 is 1.86 bits per heavy atom. The van der Waals surface area contributed by atoms with Crippen molar-refractivity contribution < 1.29 is 19.1 Å². The lowest BCUT2D eigenvalue weighted by atomic mass is 10.0. The number of ether oxygens (including phenoxy) is 2. The summed E-state index contributed by atoms with van der Waals surface area (Å²) in [6.07, 6.45) is 0.749. The van der Waals surface area contributed by atoms with Gasteiger partial charge in [0.1, 0.15) is 16.5 Å². The van der Waals surface area contributed by atoms with Gasteiger partial charge in [0, 0.05) is 18.0 Å². The molecule has 3 rings (SSSR count). The number of thiophene rings is 1. The maximum Gasteiger partial charge on any atom is 0.262 e. The lowest BCUT2D eigenvalue weighted by Crippen LogP contribution is -2.27. The Morgan fingerprint density at radius 3 is 2.46 bits per heavy atom. The van der Waals surface area contributed by atoms with E-state index in [1.807, 2.05) is 14.0 Å². The first-order valence-corrected chi connectivity index (χ1v) is 9.58. The minimum absolute atomic E-state index is 0. The Hall–Kier alpha value is -2.29. The van der Waals surface area contributed by atoms with Gasteiger partial charge in [0.2, 0.25) is 0 Å². The van der Waals surface area contributed by atoms with Crippen molar-refractivity contribution in [1.29, 1.82) is 0 Å². The van der Waals surface area contributed by atoms with Crippen molar-refractivity contribution >= 4 is 40.6 Å². The minimum Gasteiger partial charge on any atom is -0.494 e. The lowest BCUT2D eigenvalue weighted by molar-refractivity contribution is -0.118. The molecule has 2 amide bonds. The molecule has 1 aromatic carbocycles. The normalized spacial score (nSPS) is 13.2. The van der Waals surface area contributed by atoms with E-state index in [-0.39, 0.29) is 24.9 Å². The molecule has 3 N–H and O–H groups in total. The lowest BCUT2D eigenvalue weighted by Gasteiger charge is -2.22. The molecule has 152 valence electrons. The number of likely N-dealkylation sites (N-methyl/N-ethyl adjacent to an activating group) is 1. The van der Waals surface area contributed by atoms with Crippen molar-refractivity contribution in [2.75, 3.05) is 32.1 Å². The third kappa shape index (κ3) is 5.15. The van der Waals surface area contributed by atoms with Gasteiger partial charge in [-0.2, -0.15) is 0 Å².